The predicted octanol–water partition coefficient (Wildman–Crippen LogP) is 1.75. The van der Waals surface area contributed by atoms with Crippen LogP contribution in [0.15, 0.2) is 24.3 Å². The second-order valence-corrected chi connectivity index (χ2v) is 5.74. The Hall–Kier alpha value is -2.44. The van der Waals surface area contributed by atoms with Gasteiger partial charge in [-0.1, -0.05) is 32.9 Å². The van der Waals surface area contributed by atoms with E-state index in [0.29, 0.717) is 5.56 Å². The first-order chi connectivity index (χ1) is 9.61. The summed E-state index contributed by atoms with van der Waals surface area (Å²) in [7, 11) is 0. The van der Waals surface area contributed by atoms with Crippen molar-refractivity contribution < 1.29 is 19.6 Å². The van der Waals surface area contributed by atoms with Crippen molar-refractivity contribution in [1.82, 2.24) is 5.32 Å². The molecule has 1 aromatic carbocycles. The number of carboxylic acid groups (broad SMARTS) is 1. The van der Waals surface area contributed by atoms with Gasteiger partial charge < -0.3 is 10.4 Å². The smallest absolute Gasteiger partial charge is 0.326 e. The highest BCUT2D eigenvalue weighted by molar-refractivity contribution is 5.86. The van der Waals surface area contributed by atoms with Gasteiger partial charge in [0.05, 0.1) is 4.92 Å². The Balaban J connectivity index is 2.82. The largest absolute Gasteiger partial charge is 0.480 e. The average molecular weight is 294 g/mol. The first kappa shape index (κ1) is 16.6. The van der Waals surface area contributed by atoms with Crippen molar-refractivity contribution in [1.29, 1.82) is 0 Å². The summed E-state index contributed by atoms with van der Waals surface area (Å²) in [6, 6.07) is 4.51. The summed E-state index contributed by atoms with van der Waals surface area (Å²) in [5.74, 6) is -1.51. The van der Waals surface area contributed by atoms with Gasteiger partial charge in [-0.25, -0.2) is 4.79 Å². The first-order valence-electron chi connectivity index (χ1n) is 6.38. The Bertz CT molecular complexity index is 545. The second kappa shape index (κ2) is 6.34. The van der Waals surface area contributed by atoms with E-state index in [1.165, 1.54) is 24.3 Å². The number of carboxylic acids is 1. The van der Waals surface area contributed by atoms with Gasteiger partial charge in [0.15, 0.2) is 0 Å². The van der Waals surface area contributed by atoms with E-state index in [9.17, 15) is 19.7 Å². The van der Waals surface area contributed by atoms with Gasteiger partial charge in [0, 0.05) is 24.0 Å². The Kier molecular flexibility index (Phi) is 5.02. The van der Waals surface area contributed by atoms with Gasteiger partial charge in [-0.15, -0.1) is 0 Å². The zero-order valence-electron chi connectivity index (χ0n) is 12.1. The quantitative estimate of drug-likeness (QED) is 0.635. The van der Waals surface area contributed by atoms with Crippen molar-refractivity contribution >= 4 is 17.6 Å². The van der Waals surface area contributed by atoms with Crippen molar-refractivity contribution in [2.24, 2.45) is 5.41 Å². The molecule has 0 saturated heterocycles. The molecule has 0 spiro atoms. The lowest BCUT2D eigenvalue weighted by Gasteiger charge is -2.22. The Morgan fingerprint density at radius 2 is 1.81 bits per heavy atom. The molecule has 0 saturated carbocycles. The van der Waals surface area contributed by atoms with Crippen molar-refractivity contribution in [3.63, 3.8) is 0 Å². The lowest BCUT2D eigenvalue weighted by Crippen LogP contribution is -2.46. The molecule has 0 aromatic heterocycles. The maximum atomic E-state index is 11.8. The lowest BCUT2D eigenvalue weighted by molar-refractivity contribution is -0.384. The fraction of sp³-hybridized carbons (Fsp3) is 0.429. The number of nitrogens with one attached hydrogen (secondary N) is 1. The van der Waals surface area contributed by atoms with Crippen LogP contribution in [0.1, 0.15) is 26.3 Å². The maximum Gasteiger partial charge on any atom is 0.326 e. The van der Waals surface area contributed by atoms with Crippen LogP contribution in [0.25, 0.3) is 0 Å². The minimum absolute atomic E-state index is 0.0646. The molecule has 7 nitrogen and oxygen atoms in total. The summed E-state index contributed by atoms with van der Waals surface area (Å²) < 4.78 is 0. The van der Waals surface area contributed by atoms with Crippen LogP contribution in [-0.4, -0.2) is 27.9 Å². The standard InChI is InChI=1S/C14H18N2O5/c1-14(2,3)13(19)15-11(12(17)18)8-9-4-6-10(7-5-9)16(20)21/h4-7,11H,8H2,1-3H3,(H,15,19)(H,17,18)/t11-/m0/s1. The normalized spacial score (nSPS) is 12.5. The molecule has 0 fully saturated rings. The third-order valence-electron chi connectivity index (χ3n) is 2.87. The number of aliphatic carboxylic acids is 1. The molecule has 0 bridgehead atoms. The fourth-order valence-electron chi connectivity index (χ4n) is 1.56. The van der Waals surface area contributed by atoms with Crippen molar-refractivity contribution in [3.05, 3.63) is 39.9 Å². The van der Waals surface area contributed by atoms with Crippen molar-refractivity contribution in [3.8, 4) is 0 Å². The highest BCUT2D eigenvalue weighted by Crippen LogP contribution is 2.16. The molecule has 7 heteroatoms. The molecular formula is C14H18N2O5. The molecule has 2 N–H and O–H groups in total. The molecule has 0 aliphatic heterocycles. The number of amides is 1. The maximum absolute atomic E-state index is 11.8. The zero-order valence-corrected chi connectivity index (χ0v) is 12.1. The number of benzene rings is 1. The SMILES string of the molecule is CC(C)(C)C(=O)N[C@@H](Cc1ccc([N+](=O)[O-])cc1)C(=O)O. The second-order valence-electron chi connectivity index (χ2n) is 5.74. The predicted molar refractivity (Wildman–Crippen MR) is 75.8 cm³/mol. The average Bonchev–Trinajstić information content (AvgIpc) is 2.37. The van der Waals surface area contributed by atoms with E-state index in [0.717, 1.165) is 0 Å². The van der Waals surface area contributed by atoms with E-state index in [2.05, 4.69) is 5.32 Å². The van der Waals surface area contributed by atoms with Gasteiger partial charge in [0.2, 0.25) is 5.91 Å². The van der Waals surface area contributed by atoms with Crippen LogP contribution in [0.3, 0.4) is 0 Å². The Morgan fingerprint density at radius 3 is 2.19 bits per heavy atom. The number of carbonyl (C=O) groups is 2. The Morgan fingerprint density at radius 1 is 1.29 bits per heavy atom. The Labute approximate surface area is 122 Å². The number of non-ortho nitro benzene ring substituents is 1. The molecule has 1 atom stereocenters. The topological polar surface area (TPSA) is 110 Å². The van der Waals surface area contributed by atoms with E-state index in [-0.39, 0.29) is 18.0 Å². The van der Waals surface area contributed by atoms with Crippen LogP contribution in [0, 0.1) is 15.5 Å². The number of hydrogen-bond acceptors (Lipinski definition) is 4. The zero-order chi connectivity index (χ0) is 16.2. The molecule has 0 aliphatic carbocycles. The fourth-order valence-corrected chi connectivity index (χ4v) is 1.56. The summed E-state index contributed by atoms with van der Waals surface area (Å²) >= 11 is 0. The van der Waals surface area contributed by atoms with Crippen LogP contribution < -0.4 is 5.32 Å². The van der Waals surface area contributed by atoms with Crippen LogP contribution in [0.4, 0.5) is 5.69 Å². The molecule has 0 heterocycles. The van der Waals surface area contributed by atoms with Gasteiger partial charge in [0.1, 0.15) is 6.04 Å². The summed E-state index contributed by atoms with van der Waals surface area (Å²) in [5, 5.41) is 22.2. The number of hydrogen-bond donors (Lipinski definition) is 2. The third kappa shape index (κ3) is 4.87. The number of rotatable bonds is 5. The van der Waals surface area contributed by atoms with Gasteiger partial charge in [-0.05, 0) is 5.56 Å². The molecule has 114 valence electrons. The summed E-state index contributed by atoms with van der Waals surface area (Å²) in [6.07, 6.45) is 0.0646. The van der Waals surface area contributed by atoms with E-state index >= 15 is 0 Å². The molecular weight excluding hydrogens is 276 g/mol. The molecule has 1 amide bonds. The van der Waals surface area contributed by atoms with E-state index in [4.69, 9.17) is 5.11 Å². The summed E-state index contributed by atoms with van der Waals surface area (Å²) in [6.45, 7) is 5.06. The first-order valence-corrected chi connectivity index (χ1v) is 6.38. The molecule has 1 rings (SSSR count). The minimum atomic E-state index is -1.15. The van der Waals surface area contributed by atoms with E-state index < -0.39 is 22.3 Å². The summed E-state index contributed by atoms with van der Waals surface area (Å²) in [4.78, 5) is 33.1. The highest BCUT2D eigenvalue weighted by Gasteiger charge is 2.27. The van der Waals surface area contributed by atoms with Gasteiger partial charge in [-0.2, -0.15) is 0 Å². The third-order valence-corrected chi connectivity index (χ3v) is 2.87. The van der Waals surface area contributed by atoms with Gasteiger partial charge in [0.25, 0.3) is 5.69 Å². The van der Waals surface area contributed by atoms with Gasteiger partial charge in [-0.3, -0.25) is 14.9 Å². The van der Waals surface area contributed by atoms with Crippen LogP contribution in [-0.2, 0) is 16.0 Å². The molecule has 0 radical (unpaired) electrons. The van der Waals surface area contributed by atoms with E-state index in [1.807, 2.05) is 0 Å². The number of nitro groups is 1. The lowest BCUT2D eigenvalue weighted by atomic mass is 9.94. The number of carbonyl (C=O) groups excluding carboxylic acids is 1. The molecule has 0 aliphatic rings. The summed E-state index contributed by atoms with van der Waals surface area (Å²) in [5.41, 5.74) is -0.157. The monoisotopic (exact) mass is 294 g/mol. The van der Waals surface area contributed by atoms with Crippen LogP contribution in [0.2, 0.25) is 0 Å². The van der Waals surface area contributed by atoms with Crippen molar-refractivity contribution in [2.45, 2.75) is 33.2 Å². The van der Waals surface area contributed by atoms with Crippen LogP contribution >= 0.6 is 0 Å². The number of nitrogens with zero attached hydrogens (tertiary/aromatic N) is 1. The molecule has 0 unspecified atom stereocenters. The molecule has 1 aromatic rings. The van der Waals surface area contributed by atoms with E-state index in [1.54, 1.807) is 20.8 Å². The van der Waals surface area contributed by atoms with Crippen molar-refractivity contribution in [2.75, 3.05) is 0 Å². The minimum Gasteiger partial charge on any atom is -0.480 e. The van der Waals surface area contributed by atoms with Gasteiger partial charge >= 0.3 is 5.97 Å². The highest BCUT2D eigenvalue weighted by atomic mass is 16.6. The molecule has 21 heavy (non-hydrogen) atoms. The van der Waals surface area contributed by atoms with Crippen LogP contribution in [0.5, 0.6) is 0 Å². The number of nitro benzene ring substituents is 1.